The molecule has 4 nitrogen and oxygen atoms in total. The summed E-state index contributed by atoms with van der Waals surface area (Å²) in [6.45, 7) is 6.12. The van der Waals surface area contributed by atoms with Gasteiger partial charge in [0.1, 0.15) is 5.82 Å². The van der Waals surface area contributed by atoms with Gasteiger partial charge < -0.3 is 5.32 Å². The average molecular weight is 270 g/mol. The van der Waals surface area contributed by atoms with Crippen molar-refractivity contribution in [2.24, 2.45) is 0 Å². The van der Waals surface area contributed by atoms with Crippen LogP contribution in [0.4, 0.5) is 5.95 Å². The highest BCUT2D eigenvalue weighted by molar-refractivity contribution is 5.33. The number of hydrogen-bond donors (Lipinski definition) is 1. The lowest BCUT2D eigenvalue weighted by Crippen LogP contribution is -2.09. The number of hydrogen-bond acceptors (Lipinski definition) is 3. The summed E-state index contributed by atoms with van der Waals surface area (Å²) in [6, 6.07) is 6.64. The van der Waals surface area contributed by atoms with Crippen molar-refractivity contribution in [3.05, 3.63) is 40.7 Å². The first-order chi connectivity index (χ1) is 9.72. The third kappa shape index (κ3) is 2.84. The molecule has 0 atom stereocenters. The van der Waals surface area contributed by atoms with E-state index in [4.69, 9.17) is 0 Å². The standard InChI is InChI=1S/C16H22N4/c1-12-8-13(2)10-14(9-12)11-17-16-19-18-15-6-4-3-5-7-20(15)16/h8-10H,3-7,11H2,1-2H3,(H,17,19). The fourth-order valence-electron chi connectivity index (χ4n) is 2.97. The Morgan fingerprint density at radius 3 is 2.65 bits per heavy atom. The van der Waals surface area contributed by atoms with Crippen molar-refractivity contribution < 1.29 is 0 Å². The monoisotopic (exact) mass is 270 g/mol. The van der Waals surface area contributed by atoms with Crippen LogP contribution in [0.3, 0.4) is 0 Å². The molecule has 0 radical (unpaired) electrons. The summed E-state index contributed by atoms with van der Waals surface area (Å²) in [7, 11) is 0. The summed E-state index contributed by atoms with van der Waals surface area (Å²) in [5, 5.41) is 12.1. The van der Waals surface area contributed by atoms with Crippen LogP contribution in [0.25, 0.3) is 0 Å². The Hall–Kier alpha value is -1.84. The summed E-state index contributed by atoms with van der Waals surface area (Å²) in [4.78, 5) is 0. The first kappa shape index (κ1) is 13.2. The molecule has 1 aliphatic rings. The van der Waals surface area contributed by atoms with Crippen LogP contribution in [0.15, 0.2) is 18.2 Å². The lowest BCUT2D eigenvalue weighted by Gasteiger charge is -2.10. The van der Waals surface area contributed by atoms with E-state index in [1.165, 1.54) is 36.0 Å². The van der Waals surface area contributed by atoms with Crippen molar-refractivity contribution >= 4 is 5.95 Å². The molecule has 2 aromatic rings. The predicted octanol–water partition coefficient (Wildman–Crippen LogP) is 3.23. The van der Waals surface area contributed by atoms with E-state index in [0.29, 0.717) is 0 Å². The average Bonchev–Trinajstić information content (AvgIpc) is 2.63. The lowest BCUT2D eigenvalue weighted by molar-refractivity contribution is 0.635. The highest BCUT2D eigenvalue weighted by atomic mass is 15.3. The molecule has 0 aliphatic carbocycles. The molecular formula is C16H22N4. The number of benzene rings is 1. The second kappa shape index (κ2) is 5.65. The van der Waals surface area contributed by atoms with Crippen LogP contribution in [-0.4, -0.2) is 14.8 Å². The van der Waals surface area contributed by atoms with Gasteiger partial charge in [0.2, 0.25) is 5.95 Å². The number of anilines is 1. The minimum absolute atomic E-state index is 0.806. The van der Waals surface area contributed by atoms with E-state index in [1.807, 2.05) is 0 Å². The van der Waals surface area contributed by atoms with E-state index in [0.717, 1.165) is 31.3 Å². The zero-order chi connectivity index (χ0) is 13.9. The maximum Gasteiger partial charge on any atom is 0.224 e. The molecule has 0 saturated heterocycles. The van der Waals surface area contributed by atoms with Gasteiger partial charge in [0, 0.05) is 19.5 Å². The van der Waals surface area contributed by atoms with Gasteiger partial charge in [-0.25, -0.2) is 0 Å². The van der Waals surface area contributed by atoms with Gasteiger partial charge in [-0.3, -0.25) is 4.57 Å². The molecular weight excluding hydrogens is 248 g/mol. The Balaban J connectivity index is 1.73. The predicted molar refractivity (Wildman–Crippen MR) is 80.8 cm³/mol. The number of fused-ring (bicyclic) bond motifs is 1. The molecule has 2 heterocycles. The zero-order valence-corrected chi connectivity index (χ0v) is 12.3. The molecule has 1 aromatic heterocycles. The summed E-state index contributed by atoms with van der Waals surface area (Å²) in [6.07, 6.45) is 4.80. The highest BCUT2D eigenvalue weighted by Crippen LogP contribution is 2.18. The summed E-state index contributed by atoms with van der Waals surface area (Å²) in [5.74, 6) is 2.05. The Labute approximate surface area is 120 Å². The van der Waals surface area contributed by atoms with E-state index in [1.54, 1.807) is 0 Å². The Kier molecular flexibility index (Phi) is 3.72. The number of rotatable bonds is 3. The van der Waals surface area contributed by atoms with E-state index >= 15 is 0 Å². The molecule has 0 bridgehead atoms. The quantitative estimate of drug-likeness (QED) is 0.931. The van der Waals surface area contributed by atoms with Crippen molar-refractivity contribution in [2.75, 3.05) is 5.32 Å². The summed E-state index contributed by atoms with van der Waals surface area (Å²) in [5.41, 5.74) is 3.91. The van der Waals surface area contributed by atoms with Crippen LogP contribution >= 0.6 is 0 Å². The second-order valence-corrected chi connectivity index (χ2v) is 5.75. The van der Waals surface area contributed by atoms with Gasteiger partial charge in [0.05, 0.1) is 0 Å². The normalized spacial score (nSPS) is 14.7. The van der Waals surface area contributed by atoms with E-state index in [2.05, 4.69) is 52.1 Å². The van der Waals surface area contributed by atoms with Crippen LogP contribution in [0.1, 0.15) is 41.8 Å². The molecule has 0 fully saturated rings. The first-order valence-corrected chi connectivity index (χ1v) is 7.45. The molecule has 0 spiro atoms. The molecule has 20 heavy (non-hydrogen) atoms. The maximum absolute atomic E-state index is 4.31. The van der Waals surface area contributed by atoms with Crippen LogP contribution in [0, 0.1) is 13.8 Å². The van der Waals surface area contributed by atoms with E-state index in [9.17, 15) is 0 Å². The fraction of sp³-hybridized carbons (Fsp3) is 0.500. The molecule has 0 unspecified atom stereocenters. The van der Waals surface area contributed by atoms with Gasteiger partial charge in [0.25, 0.3) is 0 Å². The van der Waals surface area contributed by atoms with Crippen molar-refractivity contribution in [1.82, 2.24) is 14.8 Å². The Bertz CT molecular complexity index is 580. The molecule has 1 aliphatic heterocycles. The fourth-order valence-corrected chi connectivity index (χ4v) is 2.97. The van der Waals surface area contributed by atoms with Gasteiger partial charge in [0.15, 0.2) is 0 Å². The van der Waals surface area contributed by atoms with Gasteiger partial charge >= 0.3 is 0 Å². The number of aromatic nitrogens is 3. The molecule has 0 saturated carbocycles. The smallest absolute Gasteiger partial charge is 0.224 e. The topological polar surface area (TPSA) is 42.7 Å². The molecule has 4 heteroatoms. The van der Waals surface area contributed by atoms with E-state index in [-0.39, 0.29) is 0 Å². The number of aryl methyl sites for hydroxylation is 3. The first-order valence-electron chi connectivity index (χ1n) is 7.45. The van der Waals surface area contributed by atoms with Gasteiger partial charge in [-0.1, -0.05) is 35.7 Å². The minimum atomic E-state index is 0.806. The summed E-state index contributed by atoms with van der Waals surface area (Å²) < 4.78 is 2.25. The minimum Gasteiger partial charge on any atom is -0.350 e. The van der Waals surface area contributed by atoms with Crippen molar-refractivity contribution in [3.8, 4) is 0 Å². The zero-order valence-electron chi connectivity index (χ0n) is 12.3. The van der Waals surface area contributed by atoms with Crippen molar-refractivity contribution in [2.45, 2.75) is 52.6 Å². The number of nitrogens with one attached hydrogen (secondary N) is 1. The van der Waals surface area contributed by atoms with Crippen LogP contribution < -0.4 is 5.32 Å². The van der Waals surface area contributed by atoms with Crippen LogP contribution in [-0.2, 0) is 19.5 Å². The second-order valence-electron chi connectivity index (χ2n) is 5.75. The van der Waals surface area contributed by atoms with Gasteiger partial charge in [-0.05, 0) is 32.3 Å². The Morgan fingerprint density at radius 2 is 1.85 bits per heavy atom. The largest absolute Gasteiger partial charge is 0.350 e. The molecule has 3 rings (SSSR count). The molecule has 1 aromatic carbocycles. The molecule has 106 valence electrons. The SMILES string of the molecule is Cc1cc(C)cc(CNc2nnc3n2CCCCC3)c1. The third-order valence-corrected chi connectivity index (χ3v) is 3.84. The third-order valence-electron chi connectivity index (χ3n) is 3.84. The highest BCUT2D eigenvalue weighted by Gasteiger charge is 2.14. The van der Waals surface area contributed by atoms with Crippen molar-refractivity contribution in [1.29, 1.82) is 0 Å². The lowest BCUT2D eigenvalue weighted by atomic mass is 10.1. The maximum atomic E-state index is 4.31. The summed E-state index contributed by atoms with van der Waals surface area (Å²) >= 11 is 0. The Morgan fingerprint density at radius 1 is 1.05 bits per heavy atom. The number of nitrogens with zero attached hydrogens (tertiary/aromatic N) is 3. The molecule has 0 amide bonds. The van der Waals surface area contributed by atoms with Gasteiger partial charge in [-0.15, -0.1) is 10.2 Å². The van der Waals surface area contributed by atoms with E-state index < -0.39 is 0 Å². The molecule has 1 N–H and O–H groups in total. The van der Waals surface area contributed by atoms with Crippen LogP contribution in [0.2, 0.25) is 0 Å². The van der Waals surface area contributed by atoms with Crippen molar-refractivity contribution in [3.63, 3.8) is 0 Å². The van der Waals surface area contributed by atoms with Crippen LogP contribution in [0.5, 0.6) is 0 Å². The van der Waals surface area contributed by atoms with Gasteiger partial charge in [-0.2, -0.15) is 0 Å².